The molecule has 0 aliphatic heterocycles. The molecule has 0 saturated heterocycles. The Morgan fingerprint density at radius 3 is 2.62 bits per heavy atom. The first-order chi connectivity index (χ1) is 11.7. The van der Waals surface area contributed by atoms with Crippen LogP contribution in [0.5, 0.6) is 5.75 Å². The van der Waals surface area contributed by atoms with E-state index >= 15 is 0 Å². The van der Waals surface area contributed by atoms with Gasteiger partial charge in [0.15, 0.2) is 0 Å². The van der Waals surface area contributed by atoms with Crippen LogP contribution < -0.4 is 4.74 Å². The first kappa shape index (κ1) is 16.5. The van der Waals surface area contributed by atoms with E-state index in [1.807, 2.05) is 61.5 Å². The van der Waals surface area contributed by atoms with Crippen LogP contribution in [-0.4, -0.2) is 16.3 Å². The molecule has 0 spiro atoms. The average Bonchev–Trinajstić information content (AvgIpc) is 2.96. The van der Waals surface area contributed by atoms with Gasteiger partial charge in [-0.05, 0) is 36.8 Å². The van der Waals surface area contributed by atoms with Crippen LogP contribution in [0.25, 0.3) is 11.5 Å². The van der Waals surface area contributed by atoms with Crippen molar-refractivity contribution >= 4 is 10.8 Å². The van der Waals surface area contributed by atoms with Gasteiger partial charge in [-0.25, -0.2) is 4.98 Å². The minimum absolute atomic E-state index is 0.374. The Morgan fingerprint density at radius 2 is 1.88 bits per heavy atom. The number of aryl methyl sites for hydroxylation is 1. The number of aromatic nitrogens is 1. The number of nitrogens with zero attached hydrogens (tertiary/aromatic N) is 1. The lowest BCUT2D eigenvalue weighted by atomic mass is 10.2. The van der Waals surface area contributed by atoms with Gasteiger partial charge in [-0.1, -0.05) is 30.3 Å². The molecule has 1 heterocycles. The lowest BCUT2D eigenvalue weighted by molar-refractivity contribution is 0.414. The van der Waals surface area contributed by atoms with Gasteiger partial charge in [-0.15, -0.1) is 0 Å². The van der Waals surface area contributed by atoms with Crippen molar-refractivity contribution in [2.45, 2.75) is 18.4 Å². The summed E-state index contributed by atoms with van der Waals surface area (Å²) in [5.41, 5.74) is 2.65. The molecular formula is C19H19NO3S. The van der Waals surface area contributed by atoms with Crippen molar-refractivity contribution in [1.82, 2.24) is 4.98 Å². The van der Waals surface area contributed by atoms with Crippen LogP contribution >= 0.6 is 0 Å². The van der Waals surface area contributed by atoms with Crippen molar-refractivity contribution in [3.63, 3.8) is 0 Å². The van der Waals surface area contributed by atoms with Gasteiger partial charge in [-0.2, -0.15) is 0 Å². The predicted octanol–water partition coefficient (Wildman–Crippen LogP) is 4.11. The third-order valence-electron chi connectivity index (χ3n) is 3.67. The monoisotopic (exact) mass is 341 g/mol. The van der Waals surface area contributed by atoms with Crippen molar-refractivity contribution in [2.24, 2.45) is 0 Å². The Kier molecular flexibility index (Phi) is 5.11. The molecule has 24 heavy (non-hydrogen) atoms. The van der Waals surface area contributed by atoms with Crippen molar-refractivity contribution in [3.05, 3.63) is 71.6 Å². The molecule has 2 aromatic carbocycles. The highest BCUT2D eigenvalue weighted by molar-refractivity contribution is 7.83. The van der Waals surface area contributed by atoms with E-state index in [0.717, 1.165) is 22.6 Å². The van der Waals surface area contributed by atoms with Crippen molar-refractivity contribution in [3.8, 4) is 17.2 Å². The van der Waals surface area contributed by atoms with E-state index in [-0.39, 0.29) is 0 Å². The topological polar surface area (TPSA) is 52.3 Å². The van der Waals surface area contributed by atoms with E-state index in [1.165, 1.54) is 0 Å². The molecule has 3 rings (SSSR count). The molecule has 0 saturated carbocycles. The number of oxazole rings is 1. The minimum atomic E-state index is -1.06. The second-order valence-corrected chi connectivity index (χ2v) is 6.92. The van der Waals surface area contributed by atoms with E-state index in [2.05, 4.69) is 4.98 Å². The maximum Gasteiger partial charge on any atom is 0.226 e. The SMILES string of the molecule is COc1cccc(CS(=O)Cc2nc(-c3ccccc3)oc2C)c1. The average molecular weight is 341 g/mol. The number of benzene rings is 2. The number of methoxy groups -OCH3 is 1. The van der Waals surface area contributed by atoms with Crippen LogP contribution in [0.4, 0.5) is 0 Å². The third kappa shape index (κ3) is 3.92. The Morgan fingerprint density at radius 1 is 1.08 bits per heavy atom. The Labute approximate surface area is 144 Å². The van der Waals surface area contributed by atoms with Gasteiger partial charge >= 0.3 is 0 Å². The summed E-state index contributed by atoms with van der Waals surface area (Å²) < 4.78 is 23.4. The van der Waals surface area contributed by atoms with Crippen LogP contribution in [-0.2, 0) is 22.3 Å². The number of rotatable bonds is 6. The lowest BCUT2D eigenvalue weighted by Gasteiger charge is -2.04. The van der Waals surface area contributed by atoms with Crippen LogP contribution in [0.15, 0.2) is 59.0 Å². The second-order valence-electron chi connectivity index (χ2n) is 5.47. The fraction of sp³-hybridized carbons (Fsp3) is 0.211. The Balaban J connectivity index is 1.71. The van der Waals surface area contributed by atoms with Crippen LogP contribution in [0.2, 0.25) is 0 Å². The maximum absolute atomic E-state index is 12.5. The van der Waals surface area contributed by atoms with Crippen LogP contribution in [0.1, 0.15) is 17.0 Å². The smallest absolute Gasteiger partial charge is 0.226 e. The van der Waals surface area contributed by atoms with Crippen LogP contribution in [0, 0.1) is 6.92 Å². The van der Waals surface area contributed by atoms with Gasteiger partial charge in [0.1, 0.15) is 11.5 Å². The minimum Gasteiger partial charge on any atom is -0.497 e. The summed E-state index contributed by atoms with van der Waals surface area (Å²) in [6.45, 7) is 1.86. The zero-order valence-corrected chi connectivity index (χ0v) is 14.5. The van der Waals surface area contributed by atoms with Gasteiger partial charge in [0, 0.05) is 22.1 Å². The summed E-state index contributed by atoms with van der Waals surface area (Å²) in [6, 6.07) is 17.4. The van der Waals surface area contributed by atoms with E-state index < -0.39 is 10.8 Å². The highest BCUT2D eigenvalue weighted by Crippen LogP contribution is 2.23. The van der Waals surface area contributed by atoms with Gasteiger partial charge < -0.3 is 9.15 Å². The molecule has 0 amide bonds. The van der Waals surface area contributed by atoms with Gasteiger partial charge in [0.05, 0.1) is 18.6 Å². The molecule has 0 aliphatic carbocycles. The fourth-order valence-electron chi connectivity index (χ4n) is 2.42. The standard InChI is InChI=1S/C19H19NO3S/c1-14-18(20-19(23-14)16-8-4-3-5-9-16)13-24(21)12-15-7-6-10-17(11-15)22-2/h3-11H,12-13H2,1-2H3. The number of hydrogen-bond acceptors (Lipinski definition) is 4. The zero-order chi connectivity index (χ0) is 16.9. The first-order valence-corrected chi connectivity index (χ1v) is 9.14. The summed E-state index contributed by atoms with van der Waals surface area (Å²) >= 11 is 0. The molecule has 0 N–H and O–H groups in total. The molecule has 4 nitrogen and oxygen atoms in total. The fourth-order valence-corrected chi connectivity index (χ4v) is 3.64. The summed E-state index contributed by atoms with van der Waals surface area (Å²) in [7, 11) is 0.561. The normalized spacial score (nSPS) is 12.1. The number of hydrogen-bond donors (Lipinski definition) is 0. The molecule has 1 atom stereocenters. The first-order valence-electron chi connectivity index (χ1n) is 7.65. The quantitative estimate of drug-likeness (QED) is 0.677. The Hall–Kier alpha value is -2.40. The van der Waals surface area contributed by atoms with Crippen molar-refractivity contribution in [2.75, 3.05) is 7.11 Å². The maximum atomic E-state index is 12.5. The summed E-state index contributed by atoms with van der Waals surface area (Å²) in [5.74, 6) is 2.90. The Bertz CT molecular complexity index is 843. The second kappa shape index (κ2) is 7.45. The van der Waals surface area contributed by atoms with Crippen molar-refractivity contribution < 1.29 is 13.4 Å². The van der Waals surface area contributed by atoms with Gasteiger partial charge in [-0.3, -0.25) is 4.21 Å². The predicted molar refractivity (Wildman–Crippen MR) is 95.2 cm³/mol. The molecule has 0 radical (unpaired) electrons. The molecule has 0 bridgehead atoms. The van der Waals surface area contributed by atoms with E-state index in [9.17, 15) is 4.21 Å². The van der Waals surface area contributed by atoms with E-state index in [4.69, 9.17) is 9.15 Å². The van der Waals surface area contributed by atoms with Gasteiger partial charge in [0.2, 0.25) is 5.89 Å². The number of ether oxygens (including phenoxy) is 1. The highest BCUT2D eigenvalue weighted by atomic mass is 32.2. The van der Waals surface area contributed by atoms with Gasteiger partial charge in [0.25, 0.3) is 0 Å². The molecule has 5 heteroatoms. The lowest BCUT2D eigenvalue weighted by Crippen LogP contribution is -2.01. The molecular weight excluding hydrogens is 322 g/mol. The van der Waals surface area contributed by atoms with E-state index in [0.29, 0.717) is 23.2 Å². The molecule has 1 unspecified atom stereocenters. The zero-order valence-electron chi connectivity index (χ0n) is 13.7. The summed E-state index contributed by atoms with van der Waals surface area (Å²) in [6.07, 6.45) is 0. The molecule has 1 aromatic heterocycles. The van der Waals surface area contributed by atoms with Crippen molar-refractivity contribution in [1.29, 1.82) is 0 Å². The summed E-state index contributed by atoms with van der Waals surface area (Å²) in [4.78, 5) is 4.51. The molecule has 3 aromatic rings. The molecule has 0 fully saturated rings. The summed E-state index contributed by atoms with van der Waals surface area (Å²) in [5, 5.41) is 0. The largest absolute Gasteiger partial charge is 0.497 e. The molecule has 0 aliphatic rings. The van der Waals surface area contributed by atoms with E-state index in [1.54, 1.807) is 7.11 Å². The highest BCUT2D eigenvalue weighted by Gasteiger charge is 2.14. The van der Waals surface area contributed by atoms with Crippen LogP contribution in [0.3, 0.4) is 0 Å². The molecule has 124 valence electrons. The third-order valence-corrected chi connectivity index (χ3v) is 4.92.